The van der Waals surface area contributed by atoms with Gasteiger partial charge in [-0.1, -0.05) is 11.6 Å². The lowest BCUT2D eigenvalue weighted by molar-refractivity contribution is -0.137. The first-order chi connectivity index (χ1) is 12.7. The van der Waals surface area contributed by atoms with Crippen LogP contribution in [0.1, 0.15) is 30.4 Å². The van der Waals surface area contributed by atoms with Crippen LogP contribution in [0.25, 0.3) is 0 Å². The number of piperidine rings is 1. The largest absolute Gasteiger partial charge is 0.418 e. The molecule has 1 aromatic rings. The maximum Gasteiger partial charge on any atom is 0.418 e. The Kier molecular flexibility index (Phi) is 5.88. The third-order valence-corrected chi connectivity index (χ3v) is 5.76. The quantitative estimate of drug-likeness (QED) is 0.756. The fraction of sp³-hybridized carbons (Fsp3) is 0.611. The first-order valence-electron chi connectivity index (χ1n) is 9.10. The van der Waals surface area contributed by atoms with Crippen LogP contribution in [-0.4, -0.2) is 54.0 Å². The number of hydrogen-bond donors (Lipinski definition) is 2. The van der Waals surface area contributed by atoms with Crippen molar-refractivity contribution in [1.29, 1.82) is 0 Å². The van der Waals surface area contributed by atoms with E-state index in [-0.39, 0.29) is 22.9 Å². The van der Waals surface area contributed by atoms with Crippen molar-refractivity contribution >= 4 is 23.2 Å². The smallest absolute Gasteiger partial charge is 0.397 e. The number of benzene rings is 1. The van der Waals surface area contributed by atoms with Gasteiger partial charge >= 0.3 is 6.18 Å². The van der Waals surface area contributed by atoms with Gasteiger partial charge in [-0.25, -0.2) is 0 Å². The summed E-state index contributed by atoms with van der Waals surface area (Å²) >= 11 is 5.84. The SMILES string of the molecule is Nc1c(Cl)cc(C[C@@H](N)C(=O)N2CCC(N3CCC3)CC2)cc1C(F)(F)F. The van der Waals surface area contributed by atoms with Gasteiger partial charge in [-0.05, 0) is 56.5 Å². The highest BCUT2D eigenvalue weighted by Gasteiger charge is 2.35. The van der Waals surface area contributed by atoms with Crippen molar-refractivity contribution in [3.63, 3.8) is 0 Å². The Hall–Kier alpha value is -1.51. The summed E-state index contributed by atoms with van der Waals surface area (Å²) < 4.78 is 39.2. The van der Waals surface area contributed by atoms with Crippen molar-refractivity contribution in [1.82, 2.24) is 9.80 Å². The van der Waals surface area contributed by atoms with Crippen molar-refractivity contribution in [2.24, 2.45) is 5.73 Å². The number of amides is 1. The molecular weight excluding hydrogens is 381 g/mol. The second kappa shape index (κ2) is 7.85. The van der Waals surface area contributed by atoms with Crippen LogP contribution in [0.3, 0.4) is 0 Å². The van der Waals surface area contributed by atoms with E-state index in [1.54, 1.807) is 4.90 Å². The van der Waals surface area contributed by atoms with E-state index in [4.69, 9.17) is 23.1 Å². The van der Waals surface area contributed by atoms with E-state index < -0.39 is 23.5 Å². The summed E-state index contributed by atoms with van der Waals surface area (Å²) in [6.45, 7) is 3.50. The van der Waals surface area contributed by atoms with Crippen LogP contribution in [0.4, 0.5) is 18.9 Å². The average Bonchev–Trinajstić information content (AvgIpc) is 2.55. The molecule has 0 radical (unpaired) electrons. The molecule has 3 rings (SSSR count). The Bertz CT molecular complexity index is 701. The Morgan fingerprint density at radius 3 is 2.37 bits per heavy atom. The van der Waals surface area contributed by atoms with Crippen LogP contribution in [0.2, 0.25) is 5.02 Å². The van der Waals surface area contributed by atoms with E-state index >= 15 is 0 Å². The number of hydrogen-bond acceptors (Lipinski definition) is 4. The van der Waals surface area contributed by atoms with Gasteiger partial charge < -0.3 is 21.3 Å². The van der Waals surface area contributed by atoms with E-state index in [9.17, 15) is 18.0 Å². The van der Waals surface area contributed by atoms with Gasteiger partial charge in [0, 0.05) is 19.1 Å². The molecule has 2 saturated heterocycles. The summed E-state index contributed by atoms with van der Waals surface area (Å²) in [6.07, 6.45) is -1.59. The van der Waals surface area contributed by atoms with Gasteiger partial charge in [0.05, 0.1) is 22.3 Å². The Morgan fingerprint density at radius 1 is 1.22 bits per heavy atom. The predicted octanol–water partition coefficient (Wildman–Crippen LogP) is 2.51. The molecule has 0 unspecified atom stereocenters. The number of anilines is 1. The molecule has 2 aliphatic heterocycles. The lowest BCUT2D eigenvalue weighted by Gasteiger charge is -2.43. The number of nitrogens with two attached hydrogens (primary N) is 2. The minimum absolute atomic E-state index is 0.0199. The highest BCUT2D eigenvalue weighted by atomic mass is 35.5. The van der Waals surface area contributed by atoms with Crippen molar-refractivity contribution < 1.29 is 18.0 Å². The summed E-state index contributed by atoms with van der Waals surface area (Å²) in [4.78, 5) is 16.7. The molecular formula is C18H24ClF3N4O. The van der Waals surface area contributed by atoms with Crippen LogP contribution in [-0.2, 0) is 17.4 Å². The summed E-state index contributed by atoms with van der Waals surface area (Å²) in [5.41, 5.74) is 10.2. The summed E-state index contributed by atoms with van der Waals surface area (Å²) in [5.74, 6) is -0.237. The molecule has 5 nitrogen and oxygen atoms in total. The second-order valence-electron chi connectivity index (χ2n) is 7.29. The summed E-state index contributed by atoms with van der Waals surface area (Å²) in [6, 6.07) is 1.87. The third-order valence-electron chi connectivity index (χ3n) is 5.45. The van der Waals surface area contributed by atoms with E-state index in [1.165, 1.54) is 12.5 Å². The van der Waals surface area contributed by atoms with E-state index in [1.807, 2.05) is 0 Å². The standard InChI is InChI=1S/C18H24ClF3N4O/c19-14-9-11(8-13(16(14)24)18(20,21)22)10-15(23)17(27)26-6-2-12(3-7-26)25-4-1-5-25/h8-9,12,15H,1-7,10,23-24H2/t15-/m1/s1. The highest BCUT2D eigenvalue weighted by Crippen LogP contribution is 2.38. The zero-order chi connectivity index (χ0) is 19.8. The lowest BCUT2D eigenvalue weighted by Crippen LogP contribution is -2.54. The van der Waals surface area contributed by atoms with Crippen LogP contribution < -0.4 is 11.5 Å². The van der Waals surface area contributed by atoms with Crippen LogP contribution in [0.15, 0.2) is 12.1 Å². The fourth-order valence-corrected chi connectivity index (χ4v) is 4.00. The van der Waals surface area contributed by atoms with Crippen molar-refractivity contribution in [2.45, 2.75) is 43.9 Å². The fourth-order valence-electron chi connectivity index (χ4n) is 3.76. The number of rotatable bonds is 4. The van der Waals surface area contributed by atoms with Crippen LogP contribution in [0, 0.1) is 0 Å². The number of carbonyl (C=O) groups excluding carboxylic acids is 1. The molecule has 4 N–H and O–H groups in total. The van der Waals surface area contributed by atoms with Crippen LogP contribution in [0.5, 0.6) is 0 Å². The molecule has 27 heavy (non-hydrogen) atoms. The lowest BCUT2D eigenvalue weighted by atomic mass is 9.97. The minimum atomic E-state index is -4.61. The highest BCUT2D eigenvalue weighted by molar-refractivity contribution is 6.33. The maximum atomic E-state index is 13.1. The number of likely N-dealkylation sites (tertiary alicyclic amines) is 2. The number of nitrogen functional groups attached to an aromatic ring is 1. The predicted molar refractivity (Wildman–Crippen MR) is 98.3 cm³/mol. The van der Waals surface area contributed by atoms with Gasteiger partial charge in [-0.2, -0.15) is 13.2 Å². The monoisotopic (exact) mass is 404 g/mol. The second-order valence-corrected chi connectivity index (χ2v) is 7.70. The van der Waals surface area contributed by atoms with Crippen molar-refractivity contribution in [2.75, 3.05) is 31.9 Å². The number of halogens is 4. The molecule has 9 heteroatoms. The first kappa shape index (κ1) is 20.2. The Morgan fingerprint density at radius 2 is 1.85 bits per heavy atom. The van der Waals surface area contributed by atoms with Gasteiger partial charge in [-0.3, -0.25) is 4.79 Å². The molecule has 2 heterocycles. The number of alkyl halides is 3. The normalized spacial score (nSPS) is 20.4. The summed E-state index contributed by atoms with van der Waals surface area (Å²) in [5, 5.41) is -0.185. The van der Waals surface area contributed by atoms with Gasteiger partial charge in [-0.15, -0.1) is 0 Å². The zero-order valence-corrected chi connectivity index (χ0v) is 15.7. The molecule has 2 fully saturated rings. The molecule has 0 saturated carbocycles. The molecule has 1 aromatic carbocycles. The van der Waals surface area contributed by atoms with Gasteiger partial charge in [0.15, 0.2) is 0 Å². The van der Waals surface area contributed by atoms with Crippen molar-refractivity contribution in [3.05, 3.63) is 28.3 Å². The molecule has 1 atom stereocenters. The van der Waals surface area contributed by atoms with Gasteiger partial charge in [0.25, 0.3) is 0 Å². The number of carbonyl (C=O) groups is 1. The average molecular weight is 405 g/mol. The van der Waals surface area contributed by atoms with E-state index in [0.29, 0.717) is 19.1 Å². The molecule has 150 valence electrons. The number of nitrogens with zero attached hydrogens (tertiary/aromatic N) is 2. The molecule has 1 amide bonds. The van der Waals surface area contributed by atoms with Gasteiger partial charge in [0.1, 0.15) is 0 Å². The van der Waals surface area contributed by atoms with E-state index in [0.717, 1.165) is 32.0 Å². The maximum absolute atomic E-state index is 13.1. The van der Waals surface area contributed by atoms with Crippen LogP contribution >= 0.6 is 11.6 Å². The van der Waals surface area contributed by atoms with Gasteiger partial charge in [0.2, 0.25) is 5.91 Å². The Labute approximate surface area is 161 Å². The summed E-state index contributed by atoms with van der Waals surface area (Å²) in [7, 11) is 0. The molecule has 0 aliphatic carbocycles. The third kappa shape index (κ3) is 4.50. The molecule has 0 bridgehead atoms. The minimum Gasteiger partial charge on any atom is -0.397 e. The molecule has 0 spiro atoms. The Balaban J connectivity index is 1.62. The first-order valence-corrected chi connectivity index (χ1v) is 9.48. The molecule has 2 aliphatic rings. The van der Waals surface area contributed by atoms with E-state index in [2.05, 4.69) is 4.90 Å². The topological polar surface area (TPSA) is 75.6 Å². The van der Waals surface area contributed by atoms with Crippen molar-refractivity contribution in [3.8, 4) is 0 Å². The molecule has 0 aromatic heterocycles. The zero-order valence-electron chi connectivity index (χ0n) is 14.9.